The van der Waals surface area contributed by atoms with Gasteiger partial charge in [0, 0.05) is 23.0 Å². The van der Waals surface area contributed by atoms with Gasteiger partial charge in [0.05, 0.1) is 24.6 Å². The molecule has 0 saturated carbocycles. The molecular weight excluding hydrogens is 428 g/mol. The number of anilines is 2. The highest BCUT2D eigenvalue weighted by atomic mass is 16.5. The van der Waals surface area contributed by atoms with E-state index in [0.717, 1.165) is 16.7 Å². The molecule has 0 bridgehead atoms. The van der Waals surface area contributed by atoms with E-state index in [1.165, 1.54) is 0 Å². The van der Waals surface area contributed by atoms with Crippen LogP contribution in [0.3, 0.4) is 0 Å². The van der Waals surface area contributed by atoms with Crippen LogP contribution in [0, 0.1) is 6.92 Å². The van der Waals surface area contributed by atoms with Gasteiger partial charge in [-0.1, -0.05) is 42.0 Å². The molecule has 0 unspecified atom stereocenters. The third-order valence-electron chi connectivity index (χ3n) is 5.73. The second-order valence-electron chi connectivity index (χ2n) is 8.08. The average molecular weight is 453 g/mol. The van der Waals surface area contributed by atoms with Gasteiger partial charge < -0.3 is 15.4 Å². The van der Waals surface area contributed by atoms with E-state index in [1.807, 2.05) is 62.4 Å². The number of aromatic nitrogens is 4. The van der Waals surface area contributed by atoms with Gasteiger partial charge >= 0.3 is 0 Å². The quantitative estimate of drug-likeness (QED) is 0.460. The lowest BCUT2D eigenvalue weighted by Gasteiger charge is -2.29. The molecule has 2 aromatic carbocycles. The standard InChI is InChI=1S/C26H24N6O2/c1-16-8-6-9-18(14-16)24-30-26-28-17(2)22(25(33)29-19-10-7-13-27-15-19)23(32(26)31-24)20-11-4-5-12-21(20)34-3/h4-15,23H,1-3H3,(H,29,33)(H,28,30,31)/t23-/m1/s1. The van der Waals surface area contributed by atoms with Gasteiger partial charge in [-0.25, -0.2) is 4.68 Å². The van der Waals surface area contributed by atoms with Crippen LogP contribution in [0.5, 0.6) is 5.75 Å². The first-order valence-electron chi connectivity index (χ1n) is 10.9. The minimum atomic E-state index is -0.546. The highest BCUT2D eigenvalue weighted by molar-refractivity contribution is 6.06. The number of pyridine rings is 1. The summed E-state index contributed by atoms with van der Waals surface area (Å²) in [4.78, 5) is 22.4. The predicted octanol–water partition coefficient (Wildman–Crippen LogP) is 4.58. The van der Waals surface area contributed by atoms with E-state index in [-0.39, 0.29) is 5.91 Å². The fourth-order valence-electron chi connectivity index (χ4n) is 4.17. The van der Waals surface area contributed by atoms with E-state index in [2.05, 4.69) is 15.6 Å². The summed E-state index contributed by atoms with van der Waals surface area (Å²) in [6, 6.07) is 18.7. The monoisotopic (exact) mass is 452 g/mol. The first kappa shape index (κ1) is 21.4. The zero-order valence-electron chi connectivity index (χ0n) is 19.1. The Kier molecular flexibility index (Phi) is 5.55. The Morgan fingerprint density at radius 3 is 2.71 bits per heavy atom. The maximum absolute atomic E-state index is 13.6. The summed E-state index contributed by atoms with van der Waals surface area (Å²) >= 11 is 0. The van der Waals surface area contributed by atoms with E-state index in [4.69, 9.17) is 14.8 Å². The summed E-state index contributed by atoms with van der Waals surface area (Å²) in [6.07, 6.45) is 3.27. The number of nitrogens with zero attached hydrogens (tertiary/aromatic N) is 4. The molecule has 1 amide bonds. The van der Waals surface area contributed by atoms with Crippen molar-refractivity contribution >= 4 is 17.5 Å². The number of benzene rings is 2. The van der Waals surface area contributed by atoms with E-state index in [9.17, 15) is 4.79 Å². The molecule has 8 nitrogen and oxygen atoms in total. The van der Waals surface area contributed by atoms with Gasteiger partial charge in [-0.3, -0.25) is 9.78 Å². The molecule has 1 atom stereocenters. The molecule has 3 heterocycles. The number of fused-ring (bicyclic) bond motifs is 1. The number of nitrogens with one attached hydrogen (secondary N) is 2. The molecule has 8 heteroatoms. The molecule has 170 valence electrons. The van der Waals surface area contributed by atoms with Gasteiger partial charge in [-0.05, 0) is 38.1 Å². The second kappa shape index (κ2) is 8.82. The van der Waals surface area contributed by atoms with Crippen LogP contribution in [0.1, 0.15) is 24.1 Å². The number of rotatable bonds is 5. The molecule has 0 fully saturated rings. The molecular formula is C26H24N6O2. The Hall–Kier alpha value is -4.46. The van der Waals surface area contributed by atoms with Crippen LogP contribution in [0.15, 0.2) is 84.3 Å². The minimum absolute atomic E-state index is 0.257. The zero-order valence-corrected chi connectivity index (χ0v) is 19.1. The predicted molar refractivity (Wildman–Crippen MR) is 131 cm³/mol. The Morgan fingerprint density at radius 2 is 1.94 bits per heavy atom. The molecule has 0 spiro atoms. The van der Waals surface area contributed by atoms with E-state index < -0.39 is 6.04 Å². The van der Waals surface area contributed by atoms with Crippen molar-refractivity contribution in [1.29, 1.82) is 0 Å². The largest absolute Gasteiger partial charge is 0.496 e. The zero-order chi connectivity index (χ0) is 23.7. The summed E-state index contributed by atoms with van der Waals surface area (Å²) in [5.74, 6) is 1.54. The van der Waals surface area contributed by atoms with Crippen LogP contribution in [0.2, 0.25) is 0 Å². The van der Waals surface area contributed by atoms with Crippen LogP contribution < -0.4 is 15.4 Å². The van der Waals surface area contributed by atoms with Gasteiger partial charge in [0.25, 0.3) is 5.91 Å². The topological polar surface area (TPSA) is 94.0 Å². The molecule has 0 aliphatic carbocycles. The van der Waals surface area contributed by atoms with Crippen LogP contribution in [-0.4, -0.2) is 32.8 Å². The molecule has 2 N–H and O–H groups in total. The average Bonchev–Trinajstić information content (AvgIpc) is 3.27. The number of amides is 1. The smallest absolute Gasteiger partial charge is 0.255 e. The van der Waals surface area contributed by atoms with Crippen molar-refractivity contribution in [3.63, 3.8) is 0 Å². The van der Waals surface area contributed by atoms with Crippen LogP contribution in [0.25, 0.3) is 11.4 Å². The maximum atomic E-state index is 13.6. The number of allylic oxidation sites excluding steroid dienone is 1. The number of hydrogen-bond donors (Lipinski definition) is 2. The Labute approximate surface area is 197 Å². The van der Waals surface area contributed by atoms with Crippen molar-refractivity contribution < 1.29 is 9.53 Å². The van der Waals surface area contributed by atoms with Crippen LogP contribution >= 0.6 is 0 Å². The lowest BCUT2D eigenvalue weighted by molar-refractivity contribution is -0.113. The second-order valence-corrected chi connectivity index (χ2v) is 8.08. The first-order valence-corrected chi connectivity index (χ1v) is 10.9. The van der Waals surface area contributed by atoms with Crippen molar-refractivity contribution in [3.8, 4) is 17.1 Å². The van der Waals surface area contributed by atoms with Crippen molar-refractivity contribution in [2.24, 2.45) is 0 Å². The van der Waals surface area contributed by atoms with E-state index in [0.29, 0.717) is 34.5 Å². The van der Waals surface area contributed by atoms with Gasteiger partial charge in [0.1, 0.15) is 11.8 Å². The Bertz CT molecular complexity index is 1390. The number of carbonyl (C=O) groups is 1. The molecule has 1 aliphatic rings. The Balaban J connectivity index is 1.64. The Morgan fingerprint density at radius 1 is 1.09 bits per heavy atom. The number of methoxy groups -OCH3 is 1. The third kappa shape index (κ3) is 3.90. The van der Waals surface area contributed by atoms with Crippen molar-refractivity contribution in [3.05, 3.63) is 95.5 Å². The summed E-state index contributed by atoms with van der Waals surface area (Å²) < 4.78 is 7.41. The summed E-state index contributed by atoms with van der Waals surface area (Å²) in [7, 11) is 1.62. The summed E-state index contributed by atoms with van der Waals surface area (Å²) in [6.45, 7) is 3.90. The third-order valence-corrected chi connectivity index (χ3v) is 5.73. The molecule has 0 radical (unpaired) electrons. The van der Waals surface area contributed by atoms with Crippen molar-refractivity contribution in [2.75, 3.05) is 17.7 Å². The van der Waals surface area contributed by atoms with Crippen LogP contribution in [0.4, 0.5) is 11.6 Å². The highest BCUT2D eigenvalue weighted by Gasteiger charge is 2.36. The molecule has 1 aliphatic heterocycles. The van der Waals surface area contributed by atoms with E-state index >= 15 is 0 Å². The molecule has 34 heavy (non-hydrogen) atoms. The molecule has 2 aromatic heterocycles. The first-order chi connectivity index (χ1) is 16.5. The molecule has 0 saturated heterocycles. The lowest BCUT2D eigenvalue weighted by Crippen LogP contribution is -2.31. The summed E-state index contributed by atoms with van der Waals surface area (Å²) in [5.41, 5.74) is 4.64. The lowest BCUT2D eigenvalue weighted by atomic mass is 9.94. The van der Waals surface area contributed by atoms with Gasteiger partial charge in [0.15, 0.2) is 5.82 Å². The van der Waals surface area contributed by atoms with Gasteiger partial charge in [0.2, 0.25) is 5.95 Å². The highest BCUT2D eigenvalue weighted by Crippen LogP contribution is 2.40. The molecule has 4 aromatic rings. The number of aryl methyl sites for hydroxylation is 1. The van der Waals surface area contributed by atoms with Crippen molar-refractivity contribution in [2.45, 2.75) is 19.9 Å². The fourth-order valence-corrected chi connectivity index (χ4v) is 4.17. The van der Waals surface area contributed by atoms with Crippen molar-refractivity contribution in [1.82, 2.24) is 19.7 Å². The van der Waals surface area contributed by atoms with E-state index in [1.54, 1.807) is 36.3 Å². The molecule has 5 rings (SSSR count). The number of hydrogen-bond acceptors (Lipinski definition) is 6. The maximum Gasteiger partial charge on any atom is 0.255 e. The minimum Gasteiger partial charge on any atom is -0.496 e. The van der Waals surface area contributed by atoms with Crippen LogP contribution in [-0.2, 0) is 4.79 Å². The number of carbonyl (C=O) groups excluding carboxylic acids is 1. The number of para-hydroxylation sites is 1. The fraction of sp³-hybridized carbons (Fsp3) is 0.154. The van der Waals surface area contributed by atoms with Gasteiger partial charge in [-0.15, -0.1) is 5.10 Å². The summed E-state index contributed by atoms with van der Waals surface area (Å²) in [5, 5.41) is 11.1. The SMILES string of the molecule is COc1ccccc1[C@@H]1C(C(=O)Nc2cccnc2)=C(C)Nc2nc(-c3cccc(C)c3)nn21. The normalized spacial score (nSPS) is 14.9. The number of ether oxygens (including phenoxy) is 1. The van der Waals surface area contributed by atoms with Gasteiger partial charge in [-0.2, -0.15) is 4.98 Å².